The molecule has 3 fully saturated rings. The Labute approximate surface area is 145 Å². The lowest BCUT2D eigenvalue weighted by atomic mass is 9.72. The van der Waals surface area contributed by atoms with Crippen LogP contribution < -0.4 is 4.90 Å². The Morgan fingerprint density at radius 3 is 2.50 bits per heavy atom. The monoisotopic (exact) mass is 327 g/mol. The van der Waals surface area contributed by atoms with E-state index in [9.17, 15) is 4.79 Å². The smallest absolute Gasteiger partial charge is 0.222 e. The number of amides is 1. The summed E-state index contributed by atoms with van der Waals surface area (Å²) in [7, 11) is 1.98. The molecule has 1 spiro atoms. The first-order chi connectivity index (χ1) is 11.7. The van der Waals surface area contributed by atoms with Crippen molar-refractivity contribution in [2.75, 3.05) is 44.7 Å². The zero-order valence-corrected chi connectivity index (χ0v) is 14.8. The lowest BCUT2D eigenvalue weighted by molar-refractivity contribution is -0.137. The number of carbonyl (C=O) groups is 1. The fraction of sp³-hybridized carbons (Fsp3) is 0.650. The van der Waals surface area contributed by atoms with E-state index in [1.807, 2.05) is 11.9 Å². The minimum atomic E-state index is 0.331. The zero-order chi connectivity index (χ0) is 16.6. The Bertz CT molecular complexity index is 580. The zero-order valence-electron chi connectivity index (χ0n) is 14.8. The van der Waals surface area contributed by atoms with E-state index in [4.69, 9.17) is 0 Å². The number of nitrogens with zero attached hydrogens (tertiary/aromatic N) is 3. The van der Waals surface area contributed by atoms with E-state index in [1.54, 1.807) is 0 Å². The second-order valence-corrected chi connectivity index (χ2v) is 8.01. The van der Waals surface area contributed by atoms with Gasteiger partial charge in [-0.1, -0.05) is 18.2 Å². The summed E-state index contributed by atoms with van der Waals surface area (Å²) in [5.74, 6) is 0.331. The van der Waals surface area contributed by atoms with Gasteiger partial charge in [0.25, 0.3) is 0 Å². The van der Waals surface area contributed by atoms with E-state index in [2.05, 4.69) is 40.1 Å². The Morgan fingerprint density at radius 2 is 1.79 bits per heavy atom. The van der Waals surface area contributed by atoms with Gasteiger partial charge in [0.1, 0.15) is 0 Å². The summed E-state index contributed by atoms with van der Waals surface area (Å²) < 4.78 is 0. The highest BCUT2D eigenvalue weighted by Gasteiger charge is 2.41. The predicted octanol–water partition coefficient (Wildman–Crippen LogP) is 2.60. The van der Waals surface area contributed by atoms with Crippen LogP contribution in [0.2, 0.25) is 0 Å². The molecule has 0 aliphatic carbocycles. The van der Waals surface area contributed by atoms with Crippen LogP contribution >= 0.6 is 0 Å². The molecule has 3 aliphatic rings. The van der Waals surface area contributed by atoms with Gasteiger partial charge in [0.2, 0.25) is 5.91 Å². The van der Waals surface area contributed by atoms with Crippen molar-refractivity contribution in [3.05, 3.63) is 30.3 Å². The molecule has 0 N–H and O–H groups in total. The van der Waals surface area contributed by atoms with E-state index in [0.717, 1.165) is 25.9 Å². The number of benzene rings is 1. The molecular formula is C20H29N3O. The summed E-state index contributed by atoms with van der Waals surface area (Å²) in [6, 6.07) is 11.5. The SMILES string of the molecule is CN1CC2(CCC1=O)CCN([C@H]1CCN(c3ccccc3)C1)CC2. The molecule has 0 unspecified atom stereocenters. The van der Waals surface area contributed by atoms with Crippen molar-refractivity contribution in [3.8, 4) is 0 Å². The van der Waals surface area contributed by atoms with Gasteiger partial charge in [-0.2, -0.15) is 0 Å². The molecule has 0 bridgehead atoms. The van der Waals surface area contributed by atoms with Crippen molar-refractivity contribution in [1.82, 2.24) is 9.80 Å². The third-order valence-corrected chi connectivity index (χ3v) is 6.53. The topological polar surface area (TPSA) is 26.8 Å². The van der Waals surface area contributed by atoms with E-state index < -0.39 is 0 Å². The number of para-hydroxylation sites is 1. The summed E-state index contributed by atoms with van der Waals surface area (Å²) in [5.41, 5.74) is 1.76. The second-order valence-electron chi connectivity index (χ2n) is 8.01. The van der Waals surface area contributed by atoms with Crippen LogP contribution in [0, 0.1) is 5.41 Å². The number of anilines is 1. The molecule has 0 saturated carbocycles. The van der Waals surface area contributed by atoms with Crippen molar-refractivity contribution in [2.45, 2.75) is 38.1 Å². The maximum atomic E-state index is 11.8. The van der Waals surface area contributed by atoms with Gasteiger partial charge in [0.05, 0.1) is 0 Å². The number of piperidine rings is 2. The van der Waals surface area contributed by atoms with Gasteiger partial charge in [-0.25, -0.2) is 0 Å². The van der Waals surface area contributed by atoms with Crippen LogP contribution in [-0.2, 0) is 4.79 Å². The highest BCUT2D eigenvalue weighted by Crippen LogP contribution is 2.40. The fourth-order valence-corrected chi connectivity index (χ4v) is 4.92. The third-order valence-electron chi connectivity index (χ3n) is 6.53. The molecule has 4 heteroatoms. The van der Waals surface area contributed by atoms with Crippen molar-refractivity contribution in [2.24, 2.45) is 5.41 Å². The third kappa shape index (κ3) is 3.04. The van der Waals surface area contributed by atoms with Gasteiger partial charge in [-0.15, -0.1) is 0 Å². The van der Waals surface area contributed by atoms with Crippen LogP contribution in [0.4, 0.5) is 5.69 Å². The Balaban J connectivity index is 1.33. The van der Waals surface area contributed by atoms with Crippen LogP contribution in [0.25, 0.3) is 0 Å². The van der Waals surface area contributed by atoms with E-state index >= 15 is 0 Å². The summed E-state index contributed by atoms with van der Waals surface area (Å²) >= 11 is 0. The maximum absolute atomic E-state index is 11.8. The second kappa shape index (κ2) is 6.40. The molecule has 3 heterocycles. The Morgan fingerprint density at radius 1 is 1.04 bits per heavy atom. The minimum Gasteiger partial charge on any atom is -0.370 e. The number of rotatable bonds is 2. The largest absolute Gasteiger partial charge is 0.370 e. The highest BCUT2D eigenvalue weighted by atomic mass is 16.2. The van der Waals surface area contributed by atoms with E-state index in [0.29, 0.717) is 17.4 Å². The first-order valence-corrected chi connectivity index (χ1v) is 9.43. The van der Waals surface area contributed by atoms with Gasteiger partial charge in [0, 0.05) is 44.8 Å². The van der Waals surface area contributed by atoms with Crippen molar-refractivity contribution in [3.63, 3.8) is 0 Å². The van der Waals surface area contributed by atoms with E-state index in [-0.39, 0.29) is 0 Å². The maximum Gasteiger partial charge on any atom is 0.222 e. The van der Waals surface area contributed by atoms with Gasteiger partial charge in [0.15, 0.2) is 0 Å². The predicted molar refractivity (Wildman–Crippen MR) is 97.2 cm³/mol. The van der Waals surface area contributed by atoms with Gasteiger partial charge in [-0.3, -0.25) is 9.69 Å². The number of carbonyl (C=O) groups excluding carboxylic acids is 1. The molecule has 1 aromatic carbocycles. The quantitative estimate of drug-likeness (QED) is 0.835. The molecular weight excluding hydrogens is 298 g/mol. The summed E-state index contributed by atoms with van der Waals surface area (Å²) in [6.07, 6.45) is 5.64. The normalized spacial score (nSPS) is 27.9. The van der Waals surface area contributed by atoms with E-state index in [1.165, 1.54) is 44.6 Å². The van der Waals surface area contributed by atoms with Crippen molar-refractivity contribution >= 4 is 11.6 Å². The molecule has 130 valence electrons. The van der Waals surface area contributed by atoms with Crippen LogP contribution in [0.5, 0.6) is 0 Å². The summed E-state index contributed by atoms with van der Waals surface area (Å²) in [4.78, 5) is 19.0. The molecule has 0 aromatic heterocycles. The first-order valence-electron chi connectivity index (χ1n) is 9.43. The Hall–Kier alpha value is -1.55. The molecule has 24 heavy (non-hydrogen) atoms. The molecule has 1 amide bonds. The van der Waals surface area contributed by atoms with Crippen LogP contribution in [0.3, 0.4) is 0 Å². The Kier molecular flexibility index (Phi) is 4.25. The molecule has 4 nitrogen and oxygen atoms in total. The molecule has 4 rings (SSSR count). The first kappa shape index (κ1) is 15.9. The summed E-state index contributed by atoms with van der Waals surface area (Å²) in [5, 5.41) is 0. The molecule has 0 radical (unpaired) electrons. The lowest BCUT2D eigenvalue weighted by Crippen LogP contribution is -2.52. The van der Waals surface area contributed by atoms with Crippen LogP contribution in [0.1, 0.15) is 32.1 Å². The standard InChI is InChI=1S/C20H29N3O/c1-21-16-20(9-7-19(21)24)10-13-22(14-11-20)18-8-12-23(15-18)17-5-3-2-4-6-17/h2-6,18H,7-16H2,1H3/t18-/m0/s1. The minimum absolute atomic E-state index is 0.331. The van der Waals surface area contributed by atoms with Crippen LogP contribution in [0.15, 0.2) is 30.3 Å². The number of hydrogen-bond acceptors (Lipinski definition) is 3. The average molecular weight is 327 g/mol. The highest BCUT2D eigenvalue weighted by molar-refractivity contribution is 5.76. The molecule has 1 atom stereocenters. The fourth-order valence-electron chi connectivity index (χ4n) is 4.92. The van der Waals surface area contributed by atoms with Crippen molar-refractivity contribution < 1.29 is 4.79 Å². The number of likely N-dealkylation sites (tertiary alicyclic amines) is 2. The molecule has 1 aromatic rings. The molecule has 3 saturated heterocycles. The van der Waals surface area contributed by atoms with Gasteiger partial charge >= 0.3 is 0 Å². The van der Waals surface area contributed by atoms with Gasteiger partial charge in [-0.05, 0) is 56.3 Å². The summed E-state index contributed by atoms with van der Waals surface area (Å²) in [6.45, 7) is 5.72. The molecule has 3 aliphatic heterocycles. The number of hydrogen-bond donors (Lipinski definition) is 0. The average Bonchev–Trinajstić information content (AvgIpc) is 3.10. The van der Waals surface area contributed by atoms with Crippen LogP contribution in [-0.4, -0.2) is 61.5 Å². The van der Waals surface area contributed by atoms with Gasteiger partial charge < -0.3 is 9.80 Å². The lowest BCUT2D eigenvalue weighted by Gasteiger charge is -2.47. The van der Waals surface area contributed by atoms with Crippen molar-refractivity contribution in [1.29, 1.82) is 0 Å².